The number of aromatic hydroxyl groups is 1. The van der Waals surface area contributed by atoms with Crippen LogP contribution < -0.4 is 9.84 Å². The molecule has 1 N–H and O–H groups in total. The number of phenols is 1. The highest BCUT2D eigenvalue weighted by Crippen LogP contribution is 2.37. The number of aliphatic carboxylic acids is 1. The summed E-state index contributed by atoms with van der Waals surface area (Å²) in [6, 6.07) is 8.05. The van der Waals surface area contributed by atoms with E-state index in [9.17, 15) is 15.0 Å². The zero-order valence-electron chi connectivity index (χ0n) is 12.4. The summed E-state index contributed by atoms with van der Waals surface area (Å²) < 4.78 is 11.3. The van der Waals surface area contributed by atoms with E-state index in [1.54, 1.807) is 24.3 Å². The number of thiophene rings is 1. The second-order valence-corrected chi connectivity index (χ2v) is 6.55. The number of aromatic nitrogens is 1. The first-order valence-corrected chi connectivity index (χ1v) is 8.00. The van der Waals surface area contributed by atoms with Crippen molar-refractivity contribution >= 4 is 28.9 Å². The molecule has 0 saturated carbocycles. The summed E-state index contributed by atoms with van der Waals surface area (Å²) in [7, 11) is 1.44. The third-order valence-electron chi connectivity index (χ3n) is 3.23. The first-order chi connectivity index (χ1) is 11.5. The number of halogens is 1. The number of nitrogens with zero attached hydrogens (tertiary/aromatic N) is 1. The first-order valence-electron chi connectivity index (χ1n) is 6.80. The van der Waals surface area contributed by atoms with Gasteiger partial charge in [-0.05, 0) is 30.3 Å². The molecule has 0 amide bonds. The zero-order chi connectivity index (χ0) is 17.3. The Bertz CT molecular complexity index is 902. The standard InChI is InChI=1S/C16H12ClNO5S/c1-22-11-3-2-8(6-10(11)19)16-18-9(7-14(20)21)15(23-16)12-4-5-13(17)24-12/h2-6,19H,7H2,1H3,(H,20,21)/p-1. The smallest absolute Gasteiger partial charge is 0.227 e. The fraction of sp³-hybridized carbons (Fsp3) is 0.125. The van der Waals surface area contributed by atoms with Crippen LogP contribution in [0.5, 0.6) is 11.5 Å². The van der Waals surface area contributed by atoms with E-state index in [2.05, 4.69) is 4.98 Å². The SMILES string of the molecule is COc1ccc(-c2nc(CC(=O)[O-])c(-c3ccc(Cl)s3)o2)cc1O. The van der Waals surface area contributed by atoms with E-state index < -0.39 is 12.4 Å². The minimum Gasteiger partial charge on any atom is -0.550 e. The van der Waals surface area contributed by atoms with Gasteiger partial charge in [-0.2, -0.15) is 0 Å². The fourth-order valence-electron chi connectivity index (χ4n) is 2.18. The molecule has 0 atom stereocenters. The van der Waals surface area contributed by atoms with Crippen LogP contribution in [-0.4, -0.2) is 23.2 Å². The van der Waals surface area contributed by atoms with Crippen molar-refractivity contribution in [2.24, 2.45) is 0 Å². The van der Waals surface area contributed by atoms with Crippen LogP contribution in [-0.2, 0) is 11.2 Å². The van der Waals surface area contributed by atoms with Crippen molar-refractivity contribution < 1.29 is 24.2 Å². The number of ether oxygens (including phenoxy) is 1. The first kappa shape index (κ1) is 16.4. The van der Waals surface area contributed by atoms with Gasteiger partial charge < -0.3 is 24.2 Å². The number of phenolic OH excluding ortho intramolecular Hbond substituents is 1. The Labute approximate surface area is 145 Å². The Balaban J connectivity index is 2.07. The number of methoxy groups -OCH3 is 1. The molecule has 0 aliphatic carbocycles. The minimum absolute atomic E-state index is 0.0737. The summed E-state index contributed by atoms with van der Waals surface area (Å²) in [4.78, 5) is 15.9. The molecule has 0 aliphatic heterocycles. The maximum Gasteiger partial charge on any atom is 0.227 e. The molecular formula is C16H11ClNO5S-. The van der Waals surface area contributed by atoms with Crippen molar-refractivity contribution in [3.63, 3.8) is 0 Å². The summed E-state index contributed by atoms with van der Waals surface area (Å²) in [5.41, 5.74) is 0.723. The van der Waals surface area contributed by atoms with Crippen LogP contribution in [0.3, 0.4) is 0 Å². The molecule has 0 aliphatic rings. The lowest BCUT2D eigenvalue weighted by atomic mass is 10.2. The number of oxazole rings is 1. The van der Waals surface area contributed by atoms with Gasteiger partial charge in [-0.15, -0.1) is 11.3 Å². The highest BCUT2D eigenvalue weighted by Gasteiger charge is 2.19. The Hall–Kier alpha value is -2.51. The van der Waals surface area contributed by atoms with Crippen LogP contribution in [0.25, 0.3) is 22.1 Å². The van der Waals surface area contributed by atoms with Gasteiger partial charge in [0, 0.05) is 18.0 Å². The van der Waals surface area contributed by atoms with Gasteiger partial charge in [-0.3, -0.25) is 0 Å². The summed E-state index contributed by atoms with van der Waals surface area (Å²) in [5.74, 6) is -0.526. The van der Waals surface area contributed by atoms with E-state index in [-0.39, 0.29) is 17.3 Å². The van der Waals surface area contributed by atoms with E-state index >= 15 is 0 Å². The molecule has 0 spiro atoms. The predicted octanol–water partition coefficient (Wildman–Crippen LogP) is 2.73. The minimum atomic E-state index is -1.27. The van der Waals surface area contributed by atoms with E-state index in [1.165, 1.54) is 24.5 Å². The molecule has 2 heterocycles. The average molecular weight is 365 g/mol. The van der Waals surface area contributed by atoms with E-state index in [1.807, 2.05) is 0 Å². The summed E-state index contributed by atoms with van der Waals surface area (Å²) in [6.07, 6.45) is -0.392. The number of rotatable bonds is 5. The summed E-state index contributed by atoms with van der Waals surface area (Å²) in [6.45, 7) is 0. The van der Waals surface area contributed by atoms with Gasteiger partial charge in [-0.25, -0.2) is 4.98 Å². The van der Waals surface area contributed by atoms with Gasteiger partial charge >= 0.3 is 0 Å². The van der Waals surface area contributed by atoms with Crippen molar-refractivity contribution in [2.45, 2.75) is 6.42 Å². The molecule has 3 aromatic rings. The highest BCUT2D eigenvalue weighted by molar-refractivity contribution is 7.19. The van der Waals surface area contributed by atoms with Gasteiger partial charge in [0.05, 0.1) is 22.0 Å². The zero-order valence-corrected chi connectivity index (χ0v) is 14.0. The Kier molecular flexibility index (Phi) is 4.46. The molecular weight excluding hydrogens is 354 g/mol. The van der Waals surface area contributed by atoms with Crippen LogP contribution in [0.15, 0.2) is 34.7 Å². The van der Waals surface area contributed by atoms with Crippen molar-refractivity contribution in [3.8, 4) is 33.6 Å². The summed E-state index contributed by atoms with van der Waals surface area (Å²) >= 11 is 7.18. The van der Waals surface area contributed by atoms with Gasteiger partial charge in [0.15, 0.2) is 17.3 Å². The fourth-order valence-corrected chi connectivity index (χ4v) is 3.23. The average Bonchev–Trinajstić information content (AvgIpc) is 3.13. The van der Waals surface area contributed by atoms with Gasteiger partial charge in [-0.1, -0.05) is 11.6 Å². The van der Waals surface area contributed by atoms with E-state index in [4.69, 9.17) is 20.8 Å². The van der Waals surface area contributed by atoms with Crippen LogP contribution >= 0.6 is 22.9 Å². The molecule has 2 aromatic heterocycles. The monoisotopic (exact) mass is 364 g/mol. The number of carbonyl (C=O) groups is 1. The lowest BCUT2D eigenvalue weighted by Crippen LogP contribution is -2.24. The largest absolute Gasteiger partial charge is 0.550 e. The Morgan fingerprint density at radius 1 is 1.42 bits per heavy atom. The quantitative estimate of drug-likeness (QED) is 0.747. The normalized spacial score (nSPS) is 10.8. The predicted molar refractivity (Wildman–Crippen MR) is 87.2 cm³/mol. The molecule has 0 unspecified atom stereocenters. The Morgan fingerprint density at radius 3 is 2.79 bits per heavy atom. The lowest BCUT2D eigenvalue weighted by molar-refractivity contribution is -0.304. The number of carboxylic acid groups (broad SMARTS) is 1. The topological polar surface area (TPSA) is 95.6 Å². The molecule has 8 heteroatoms. The van der Waals surface area contributed by atoms with Crippen LogP contribution in [0.1, 0.15) is 5.69 Å². The molecule has 24 heavy (non-hydrogen) atoms. The second-order valence-electron chi connectivity index (χ2n) is 4.83. The van der Waals surface area contributed by atoms with Gasteiger partial charge in [0.2, 0.25) is 5.89 Å². The molecule has 3 rings (SSSR count). The molecule has 0 fully saturated rings. The van der Waals surface area contributed by atoms with Gasteiger partial charge in [0.1, 0.15) is 0 Å². The molecule has 0 saturated heterocycles. The molecule has 1 aromatic carbocycles. The van der Waals surface area contributed by atoms with Crippen LogP contribution in [0, 0.1) is 0 Å². The number of benzene rings is 1. The number of carbonyl (C=O) groups excluding carboxylic acids is 1. The Morgan fingerprint density at radius 2 is 2.21 bits per heavy atom. The van der Waals surface area contributed by atoms with Gasteiger partial charge in [0.25, 0.3) is 0 Å². The third kappa shape index (κ3) is 3.22. The number of carboxylic acids is 1. The molecule has 6 nitrogen and oxygen atoms in total. The van der Waals surface area contributed by atoms with Crippen LogP contribution in [0.2, 0.25) is 4.34 Å². The van der Waals surface area contributed by atoms with Crippen molar-refractivity contribution in [2.75, 3.05) is 7.11 Å². The second kappa shape index (κ2) is 6.54. The van der Waals surface area contributed by atoms with Crippen LogP contribution in [0.4, 0.5) is 0 Å². The number of hydrogen-bond acceptors (Lipinski definition) is 7. The van der Waals surface area contributed by atoms with E-state index in [0.717, 1.165) is 0 Å². The maximum absolute atomic E-state index is 11.0. The van der Waals surface area contributed by atoms with Crippen molar-refractivity contribution in [3.05, 3.63) is 40.4 Å². The molecule has 0 radical (unpaired) electrons. The van der Waals surface area contributed by atoms with Crippen molar-refractivity contribution in [1.82, 2.24) is 4.98 Å². The molecule has 124 valence electrons. The number of hydrogen-bond donors (Lipinski definition) is 1. The van der Waals surface area contributed by atoms with Crippen molar-refractivity contribution in [1.29, 1.82) is 0 Å². The summed E-state index contributed by atoms with van der Waals surface area (Å²) in [5, 5.41) is 20.8. The lowest BCUT2D eigenvalue weighted by Gasteiger charge is -2.03. The maximum atomic E-state index is 11.0. The van der Waals surface area contributed by atoms with E-state index in [0.29, 0.717) is 26.3 Å². The highest BCUT2D eigenvalue weighted by atomic mass is 35.5. The molecule has 0 bridgehead atoms. The third-order valence-corrected chi connectivity index (χ3v) is 4.46.